The largest absolute Gasteiger partial charge is 0.434 e. The Morgan fingerprint density at radius 2 is 1.56 bits per heavy atom. The van der Waals surface area contributed by atoms with Crippen molar-refractivity contribution in [3.63, 3.8) is 0 Å². The molecule has 0 fully saturated rings. The second-order valence-electron chi connectivity index (χ2n) is 5.57. The molecule has 0 saturated heterocycles. The van der Waals surface area contributed by atoms with E-state index in [0.717, 1.165) is 5.01 Å². The maximum Gasteiger partial charge on any atom is 0.387 e. The highest BCUT2D eigenvalue weighted by atomic mass is 19.3. The summed E-state index contributed by atoms with van der Waals surface area (Å²) in [7, 11) is 0. The fourth-order valence-electron chi connectivity index (χ4n) is 2.74. The van der Waals surface area contributed by atoms with Crippen LogP contribution in [0.4, 0.5) is 8.78 Å². The van der Waals surface area contributed by atoms with Gasteiger partial charge in [0.05, 0.1) is 17.3 Å². The van der Waals surface area contributed by atoms with Crippen molar-refractivity contribution in [1.82, 2.24) is 5.01 Å². The summed E-state index contributed by atoms with van der Waals surface area (Å²) in [4.78, 5) is 24.5. The molecule has 5 nitrogen and oxygen atoms in total. The molecule has 1 aliphatic heterocycles. The van der Waals surface area contributed by atoms with E-state index in [2.05, 4.69) is 9.84 Å². The summed E-state index contributed by atoms with van der Waals surface area (Å²) in [5.41, 5.74) is 2.18. The lowest BCUT2D eigenvalue weighted by atomic mass is 10.1. The molecular weight excluding hydrogens is 330 g/mol. The second-order valence-corrected chi connectivity index (χ2v) is 5.57. The van der Waals surface area contributed by atoms with E-state index in [4.69, 9.17) is 0 Å². The van der Waals surface area contributed by atoms with Gasteiger partial charge in [-0.3, -0.25) is 9.59 Å². The van der Waals surface area contributed by atoms with Crippen LogP contribution in [0.1, 0.15) is 37.4 Å². The van der Waals surface area contributed by atoms with Gasteiger partial charge in [-0.25, -0.2) is 0 Å². The van der Waals surface area contributed by atoms with E-state index in [-0.39, 0.29) is 5.75 Å². The number of imide groups is 1. The van der Waals surface area contributed by atoms with Gasteiger partial charge in [-0.1, -0.05) is 12.1 Å². The number of carbonyl (C=O) groups is 2. The van der Waals surface area contributed by atoms with Gasteiger partial charge in [0.25, 0.3) is 11.8 Å². The topological polar surface area (TPSA) is 59.0 Å². The third-order valence-electron chi connectivity index (χ3n) is 3.78. The zero-order valence-electron chi connectivity index (χ0n) is 13.5. The highest BCUT2D eigenvalue weighted by molar-refractivity contribution is 6.21. The number of fused-ring (bicyclic) bond motifs is 1. The van der Waals surface area contributed by atoms with Crippen LogP contribution in [0.25, 0.3) is 0 Å². The Hall–Kier alpha value is -3.09. The first-order valence-electron chi connectivity index (χ1n) is 7.46. The third-order valence-corrected chi connectivity index (χ3v) is 3.78. The summed E-state index contributed by atoms with van der Waals surface area (Å²) >= 11 is 0. The Bertz CT molecular complexity index is 836. The normalized spacial score (nSPS) is 13.9. The van der Waals surface area contributed by atoms with Crippen LogP contribution in [0.5, 0.6) is 5.75 Å². The Balaban J connectivity index is 1.86. The standard InChI is InChI=1S/C18H14F2N2O3/c1-10-7-12(8-11(2)15(10)25-18(19)20)9-21-22-16(23)13-5-3-4-6-14(13)17(22)24/h3-9,18H,1-2H3/b21-9-. The number of alkyl halides is 2. The molecule has 0 saturated carbocycles. The van der Waals surface area contributed by atoms with Crippen LogP contribution in [-0.4, -0.2) is 29.6 Å². The van der Waals surface area contributed by atoms with Crippen LogP contribution < -0.4 is 4.74 Å². The van der Waals surface area contributed by atoms with Crippen molar-refractivity contribution in [3.8, 4) is 5.75 Å². The molecule has 0 bridgehead atoms. The smallest absolute Gasteiger partial charge is 0.387 e. The predicted molar refractivity (Wildman–Crippen MR) is 87.1 cm³/mol. The van der Waals surface area contributed by atoms with Gasteiger partial charge >= 0.3 is 6.61 Å². The van der Waals surface area contributed by atoms with E-state index in [9.17, 15) is 18.4 Å². The summed E-state index contributed by atoms with van der Waals surface area (Å²) in [6.07, 6.45) is 1.34. The first-order chi connectivity index (χ1) is 11.9. The molecule has 0 aromatic heterocycles. The van der Waals surface area contributed by atoms with Crippen LogP contribution in [0.15, 0.2) is 41.5 Å². The van der Waals surface area contributed by atoms with Crippen molar-refractivity contribution in [3.05, 3.63) is 64.2 Å². The molecule has 128 valence electrons. The second kappa shape index (κ2) is 6.43. The zero-order valence-corrected chi connectivity index (χ0v) is 13.5. The minimum absolute atomic E-state index is 0.105. The Labute approximate surface area is 142 Å². The minimum Gasteiger partial charge on any atom is -0.434 e. The number of ether oxygens (including phenoxy) is 1. The van der Waals surface area contributed by atoms with E-state index in [1.54, 1.807) is 50.2 Å². The van der Waals surface area contributed by atoms with E-state index >= 15 is 0 Å². The monoisotopic (exact) mass is 344 g/mol. The van der Waals surface area contributed by atoms with E-state index in [0.29, 0.717) is 27.8 Å². The summed E-state index contributed by atoms with van der Waals surface area (Å²) < 4.78 is 29.3. The fourth-order valence-corrected chi connectivity index (χ4v) is 2.74. The molecule has 0 aliphatic carbocycles. The number of hydrogen-bond donors (Lipinski definition) is 0. The lowest BCUT2D eigenvalue weighted by molar-refractivity contribution is -0.0507. The SMILES string of the molecule is Cc1cc(/C=N\N2C(=O)c3ccccc3C2=O)cc(C)c1OC(F)F. The van der Waals surface area contributed by atoms with E-state index in [1.165, 1.54) is 6.21 Å². The van der Waals surface area contributed by atoms with Crippen molar-refractivity contribution in [2.45, 2.75) is 20.5 Å². The minimum atomic E-state index is -2.91. The highest BCUT2D eigenvalue weighted by Crippen LogP contribution is 2.26. The molecule has 1 heterocycles. The van der Waals surface area contributed by atoms with Gasteiger partial charge in [0.2, 0.25) is 0 Å². The zero-order chi connectivity index (χ0) is 18.1. The molecule has 0 radical (unpaired) electrons. The van der Waals surface area contributed by atoms with Gasteiger partial charge in [0, 0.05) is 0 Å². The number of benzene rings is 2. The van der Waals surface area contributed by atoms with Gasteiger partial charge in [-0.2, -0.15) is 18.9 Å². The molecule has 2 amide bonds. The quantitative estimate of drug-likeness (QED) is 0.630. The molecule has 25 heavy (non-hydrogen) atoms. The maximum atomic E-state index is 12.4. The van der Waals surface area contributed by atoms with Gasteiger partial charge in [0.15, 0.2) is 0 Å². The average molecular weight is 344 g/mol. The molecule has 3 rings (SSSR count). The van der Waals surface area contributed by atoms with Crippen LogP contribution in [0.2, 0.25) is 0 Å². The predicted octanol–water partition coefficient (Wildman–Crippen LogP) is 3.53. The van der Waals surface area contributed by atoms with Crippen LogP contribution in [0.3, 0.4) is 0 Å². The Kier molecular flexibility index (Phi) is 4.31. The number of aryl methyl sites for hydroxylation is 2. The van der Waals surface area contributed by atoms with Crippen molar-refractivity contribution < 1.29 is 23.1 Å². The van der Waals surface area contributed by atoms with Gasteiger partial charge < -0.3 is 4.74 Å². The summed E-state index contributed by atoms with van der Waals surface area (Å²) in [5.74, 6) is -0.890. The fraction of sp³-hybridized carbons (Fsp3) is 0.167. The number of rotatable bonds is 4. The van der Waals surface area contributed by atoms with Crippen molar-refractivity contribution in [2.75, 3.05) is 0 Å². The third kappa shape index (κ3) is 3.13. The molecule has 2 aromatic rings. The van der Waals surface area contributed by atoms with Gasteiger partial charge in [-0.05, 0) is 54.8 Å². The number of nitrogens with zero attached hydrogens (tertiary/aromatic N) is 2. The number of hydrogen-bond acceptors (Lipinski definition) is 4. The lowest BCUT2D eigenvalue weighted by Gasteiger charge is -2.12. The van der Waals surface area contributed by atoms with E-state index in [1.807, 2.05) is 0 Å². The van der Waals surface area contributed by atoms with Crippen molar-refractivity contribution in [2.24, 2.45) is 5.10 Å². The first-order valence-corrected chi connectivity index (χ1v) is 7.46. The molecule has 0 atom stereocenters. The molecule has 7 heteroatoms. The van der Waals surface area contributed by atoms with Gasteiger partial charge in [-0.15, -0.1) is 0 Å². The van der Waals surface area contributed by atoms with Crippen molar-refractivity contribution >= 4 is 18.0 Å². The van der Waals surface area contributed by atoms with Crippen LogP contribution in [0, 0.1) is 13.8 Å². The highest BCUT2D eigenvalue weighted by Gasteiger charge is 2.35. The summed E-state index contributed by atoms with van der Waals surface area (Å²) in [5, 5.41) is 4.75. The van der Waals surface area contributed by atoms with Gasteiger partial charge in [0.1, 0.15) is 5.75 Å². The van der Waals surface area contributed by atoms with Crippen LogP contribution in [-0.2, 0) is 0 Å². The number of halogens is 2. The molecule has 0 spiro atoms. The van der Waals surface area contributed by atoms with Crippen molar-refractivity contribution in [1.29, 1.82) is 0 Å². The average Bonchev–Trinajstić information content (AvgIpc) is 2.81. The summed E-state index contributed by atoms with van der Waals surface area (Å²) in [6.45, 7) is 0.351. The molecule has 0 N–H and O–H groups in total. The first kappa shape index (κ1) is 16.8. The molecule has 1 aliphatic rings. The number of hydrazone groups is 1. The Morgan fingerprint density at radius 1 is 1.04 bits per heavy atom. The van der Waals surface area contributed by atoms with Crippen LogP contribution >= 0.6 is 0 Å². The number of amides is 2. The molecule has 2 aromatic carbocycles. The number of carbonyl (C=O) groups excluding carboxylic acids is 2. The maximum absolute atomic E-state index is 12.4. The molecular formula is C18H14F2N2O3. The van der Waals surface area contributed by atoms with E-state index < -0.39 is 18.4 Å². The summed E-state index contributed by atoms with van der Waals surface area (Å²) in [6, 6.07) is 9.65. The Morgan fingerprint density at radius 3 is 2.04 bits per heavy atom. The molecule has 0 unspecified atom stereocenters. The lowest BCUT2D eigenvalue weighted by Crippen LogP contribution is -2.24.